The molecule has 3 heterocycles. The Kier molecular flexibility index (Phi) is 6.56. The zero-order valence-electron chi connectivity index (χ0n) is 20.0. The molecule has 0 amide bonds. The molecule has 0 radical (unpaired) electrons. The number of aromatic nitrogens is 2. The summed E-state index contributed by atoms with van der Waals surface area (Å²) in [5.74, 6) is 0.867. The Labute approximate surface area is 204 Å². The van der Waals surface area contributed by atoms with Gasteiger partial charge in [-0.2, -0.15) is 0 Å². The first-order valence-electron chi connectivity index (χ1n) is 11.2. The Bertz CT molecular complexity index is 1220. The van der Waals surface area contributed by atoms with Crippen molar-refractivity contribution in [3.63, 3.8) is 0 Å². The smallest absolute Gasteiger partial charge is 0.273 e. The standard InChI is InChI=1S/C25H29N5O3S/c1-15(2)14-28-24(23(27-25(28)34)20-8-6-7-11-26-20)19-12-16(3)29(17(19)4)21-10-9-18(30(31)32)13-22(21)33-5/h6-13,15,23-24H,14H2,1-5H3,(H,27,34)/t23-,24+/m0/s1. The van der Waals surface area contributed by atoms with E-state index in [1.165, 1.54) is 19.2 Å². The van der Waals surface area contributed by atoms with Crippen molar-refractivity contribution in [3.05, 3.63) is 81.4 Å². The fourth-order valence-electron chi connectivity index (χ4n) is 4.76. The molecular formula is C25H29N5O3S. The molecule has 178 valence electrons. The largest absolute Gasteiger partial charge is 0.494 e. The number of methoxy groups -OCH3 is 1. The lowest BCUT2D eigenvalue weighted by Gasteiger charge is -2.29. The fraction of sp³-hybridized carbons (Fsp3) is 0.360. The van der Waals surface area contributed by atoms with Gasteiger partial charge in [-0.1, -0.05) is 19.9 Å². The Balaban J connectivity index is 1.85. The number of thiocarbonyl (C=S) groups is 1. The van der Waals surface area contributed by atoms with Crippen molar-refractivity contribution in [2.45, 2.75) is 39.8 Å². The number of pyridine rings is 1. The highest BCUT2D eigenvalue weighted by atomic mass is 32.1. The van der Waals surface area contributed by atoms with Crippen LogP contribution in [0.25, 0.3) is 5.69 Å². The van der Waals surface area contributed by atoms with Crippen LogP contribution in [0.2, 0.25) is 0 Å². The van der Waals surface area contributed by atoms with Gasteiger partial charge in [-0.05, 0) is 61.8 Å². The number of non-ortho nitro benzene ring substituents is 1. The molecule has 0 unspecified atom stereocenters. The molecule has 34 heavy (non-hydrogen) atoms. The molecular weight excluding hydrogens is 450 g/mol. The number of ether oxygens (including phenoxy) is 1. The van der Waals surface area contributed by atoms with E-state index in [9.17, 15) is 10.1 Å². The number of aryl methyl sites for hydroxylation is 1. The molecule has 0 saturated carbocycles. The predicted molar refractivity (Wildman–Crippen MR) is 135 cm³/mol. The van der Waals surface area contributed by atoms with Crippen LogP contribution in [0.4, 0.5) is 5.69 Å². The number of benzene rings is 1. The summed E-state index contributed by atoms with van der Waals surface area (Å²) >= 11 is 5.76. The van der Waals surface area contributed by atoms with Crippen molar-refractivity contribution in [2.75, 3.05) is 13.7 Å². The molecule has 8 nitrogen and oxygen atoms in total. The van der Waals surface area contributed by atoms with Crippen LogP contribution >= 0.6 is 12.2 Å². The van der Waals surface area contributed by atoms with Gasteiger partial charge in [0.15, 0.2) is 5.11 Å². The molecule has 3 aromatic rings. The van der Waals surface area contributed by atoms with Crippen molar-refractivity contribution in [1.82, 2.24) is 19.8 Å². The van der Waals surface area contributed by atoms with Crippen LogP contribution < -0.4 is 10.1 Å². The van der Waals surface area contributed by atoms with E-state index in [0.29, 0.717) is 16.8 Å². The first-order chi connectivity index (χ1) is 16.2. The summed E-state index contributed by atoms with van der Waals surface area (Å²) in [6, 6.07) is 12.6. The Morgan fingerprint density at radius 3 is 2.62 bits per heavy atom. The molecule has 1 aliphatic rings. The van der Waals surface area contributed by atoms with Crippen molar-refractivity contribution in [1.29, 1.82) is 0 Å². The highest BCUT2D eigenvalue weighted by Gasteiger charge is 2.41. The summed E-state index contributed by atoms with van der Waals surface area (Å²) in [6.07, 6.45) is 1.80. The normalized spacial score (nSPS) is 17.8. The molecule has 1 fully saturated rings. The van der Waals surface area contributed by atoms with Crippen molar-refractivity contribution in [2.24, 2.45) is 5.92 Å². The van der Waals surface area contributed by atoms with Crippen molar-refractivity contribution >= 4 is 23.0 Å². The van der Waals surface area contributed by atoms with E-state index in [4.69, 9.17) is 17.0 Å². The van der Waals surface area contributed by atoms with E-state index in [-0.39, 0.29) is 17.8 Å². The van der Waals surface area contributed by atoms with E-state index in [2.05, 4.69) is 46.6 Å². The minimum atomic E-state index is -0.417. The summed E-state index contributed by atoms with van der Waals surface area (Å²) in [4.78, 5) is 17.7. The summed E-state index contributed by atoms with van der Waals surface area (Å²) in [5.41, 5.74) is 4.83. The Morgan fingerprint density at radius 1 is 1.24 bits per heavy atom. The highest BCUT2D eigenvalue weighted by molar-refractivity contribution is 7.80. The van der Waals surface area contributed by atoms with Crippen LogP contribution in [-0.2, 0) is 0 Å². The van der Waals surface area contributed by atoms with Crippen LogP contribution in [0.3, 0.4) is 0 Å². The second-order valence-corrected chi connectivity index (χ2v) is 9.33. The molecule has 2 aromatic heterocycles. The van der Waals surface area contributed by atoms with Gasteiger partial charge in [0, 0.05) is 30.2 Å². The van der Waals surface area contributed by atoms with Crippen molar-refractivity contribution in [3.8, 4) is 11.4 Å². The first kappa shape index (κ1) is 23.7. The zero-order valence-corrected chi connectivity index (χ0v) is 20.8. The molecule has 4 rings (SSSR count). The minimum Gasteiger partial charge on any atom is -0.494 e. The number of nitrogens with one attached hydrogen (secondary N) is 1. The van der Waals surface area contributed by atoms with Crippen LogP contribution in [-0.4, -0.2) is 38.1 Å². The maximum atomic E-state index is 11.3. The molecule has 2 atom stereocenters. The van der Waals surface area contributed by atoms with Crippen molar-refractivity contribution < 1.29 is 9.66 Å². The average Bonchev–Trinajstić information content (AvgIpc) is 3.28. The SMILES string of the molecule is COc1cc([N+](=O)[O-])ccc1-n1c(C)cc([C@@H]2[C@H](c3ccccn3)NC(=S)N2CC(C)C)c1C. The van der Waals surface area contributed by atoms with Gasteiger partial charge in [0.25, 0.3) is 5.69 Å². The van der Waals surface area contributed by atoms with E-state index >= 15 is 0 Å². The summed E-state index contributed by atoms with van der Waals surface area (Å²) in [7, 11) is 1.53. The van der Waals surface area contributed by atoms with Gasteiger partial charge in [-0.25, -0.2) is 0 Å². The van der Waals surface area contributed by atoms with E-state index < -0.39 is 4.92 Å². The number of nitro groups is 1. The van der Waals surface area contributed by atoms with Gasteiger partial charge in [-0.15, -0.1) is 0 Å². The van der Waals surface area contributed by atoms with E-state index in [1.54, 1.807) is 12.3 Å². The minimum absolute atomic E-state index is 0.00745. The first-order valence-corrected chi connectivity index (χ1v) is 11.6. The van der Waals surface area contributed by atoms with Gasteiger partial charge in [-0.3, -0.25) is 15.1 Å². The average molecular weight is 480 g/mol. The van der Waals surface area contributed by atoms with Gasteiger partial charge in [0.2, 0.25) is 0 Å². The molecule has 9 heteroatoms. The van der Waals surface area contributed by atoms with E-state index in [0.717, 1.165) is 34.9 Å². The number of nitro benzene ring substituents is 1. The molecule has 1 aliphatic heterocycles. The third-order valence-corrected chi connectivity index (χ3v) is 6.52. The van der Waals surface area contributed by atoms with Crippen LogP contribution in [0, 0.1) is 29.9 Å². The van der Waals surface area contributed by atoms with Gasteiger partial charge in [0.05, 0.1) is 41.6 Å². The summed E-state index contributed by atoms with van der Waals surface area (Å²) in [6.45, 7) is 9.26. The lowest BCUT2D eigenvalue weighted by Crippen LogP contribution is -2.33. The third-order valence-electron chi connectivity index (χ3n) is 6.16. The second-order valence-electron chi connectivity index (χ2n) is 8.95. The maximum absolute atomic E-state index is 11.3. The number of hydrogen-bond donors (Lipinski definition) is 1. The molecule has 1 aromatic carbocycles. The molecule has 0 aliphatic carbocycles. The molecule has 1 saturated heterocycles. The second kappa shape index (κ2) is 9.42. The maximum Gasteiger partial charge on any atom is 0.273 e. The number of hydrogen-bond acceptors (Lipinski definition) is 5. The molecule has 0 spiro atoms. The zero-order chi connectivity index (χ0) is 24.6. The van der Waals surface area contributed by atoms with Gasteiger partial charge < -0.3 is 19.5 Å². The highest BCUT2D eigenvalue weighted by Crippen LogP contribution is 2.42. The fourth-order valence-corrected chi connectivity index (χ4v) is 5.07. The Morgan fingerprint density at radius 2 is 2.00 bits per heavy atom. The number of nitrogens with zero attached hydrogens (tertiary/aromatic N) is 4. The summed E-state index contributed by atoms with van der Waals surface area (Å²) < 4.78 is 7.62. The van der Waals surface area contributed by atoms with Gasteiger partial charge in [0.1, 0.15) is 5.75 Å². The Hall–Kier alpha value is -3.46. The van der Waals surface area contributed by atoms with Crippen LogP contribution in [0.1, 0.15) is 48.6 Å². The van der Waals surface area contributed by atoms with E-state index in [1.807, 2.05) is 25.1 Å². The third kappa shape index (κ3) is 4.23. The number of rotatable bonds is 7. The summed E-state index contributed by atoms with van der Waals surface area (Å²) in [5, 5.41) is 15.5. The molecule has 0 bridgehead atoms. The van der Waals surface area contributed by atoms with Crippen LogP contribution in [0.15, 0.2) is 48.7 Å². The topological polar surface area (TPSA) is 85.5 Å². The predicted octanol–water partition coefficient (Wildman–Crippen LogP) is 5.03. The van der Waals surface area contributed by atoms with Crippen LogP contribution in [0.5, 0.6) is 5.75 Å². The monoisotopic (exact) mass is 479 g/mol. The quantitative estimate of drug-likeness (QED) is 0.289. The lowest BCUT2D eigenvalue weighted by molar-refractivity contribution is -0.384. The molecule has 1 N–H and O–H groups in total. The van der Waals surface area contributed by atoms with Gasteiger partial charge >= 0.3 is 0 Å². The lowest BCUT2D eigenvalue weighted by atomic mass is 9.96.